The Bertz CT molecular complexity index is 403. The highest BCUT2D eigenvalue weighted by Gasteiger charge is 2.64. The molecule has 0 bridgehead atoms. The van der Waals surface area contributed by atoms with E-state index in [9.17, 15) is 31.5 Å². The van der Waals surface area contributed by atoms with Gasteiger partial charge < -0.3 is 5.32 Å². The number of nitrogens with one attached hydrogen (secondary N) is 1. The van der Waals surface area contributed by atoms with Gasteiger partial charge in [-0.2, -0.15) is 22.0 Å². The number of alkyl halides is 6. The molecule has 0 atom stereocenters. The molecule has 1 rings (SSSR count). The van der Waals surface area contributed by atoms with Crippen molar-refractivity contribution in [2.75, 3.05) is 5.88 Å². The van der Waals surface area contributed by atoms with Gasteiger partial charge in [0.25, 0.3) is 0 Å². The first-order valence-electron chi connectivity index (χ1n) is 6.43. The van der Waals surface area contributed by atoms with Crippen molar-refractivity contribution in [2.45, 2.75) is 56.2 Å². The number of hydrogen-bond acceptors (Lipinski definition) is 2. The number of ketones is 1. The molecule has 9 heteroatoms. The molecule has 1 aliphatic rings. The summed E-state index contributed by atoms with van der Waals surface area (Å²) >= 11 is 5.41. The highest BCUT2D eigenvalue weighted by molar-refractivity contribution is 6.29. The standard InChI is InChI=1S/C12H15ClF5NO2/c13-7-8(20)10(5-3-1-2-4-6-10)19-9(21)11(14,15)12(16,17)18/h1-7H2,(H,19,21). The van der Waals surface area contributed by atoms with Gasteiger partial charge in [-0.25, -0.2) is 0 Å². The summed E-state index contributed by atoms with van der Waals surface area (Å²) in [6, 6.07) is 0. The van der Waals surface area contributed by atoms with E-state index in [1.807, 2.05) is 0 Å². The van der Waals surface area contributed by atoms with Crippen molar-refractivity contribution < 1.29 is 31.5 Å². The van der Waals surface area contributed by atoms with E-state index in [0.29, 0.717) is 25.7 Å². The molecule has 0 unspecified atom stereocenters. The normalized spacial score (nSPS) is 19.7. The van der Waals surface area contributed by atoms with Crippen LogP contribution in [0.15, 0.2) is 0 Å². The average molecular weight is 336 g/mol. The Morgan fingerprint density at radius 3 is 1.86 bits per heavy atom. The second kappa shape index (κ2) is 6.46. The van der Waals surface area contributed by atoms with Crippen molar-refractivity contribution in [3.05, 3.63) is 0 Å². The first kappa shape index (κ1) is 18.1. The second-order valence-electron chi connectivity index (χ2n) is 5.08. The number of carbonyl (C=O) groups excluding carboxylic acids is 2. The molecule has 122 valence electrons. The molecule has 1 amide bonds. The Kier molecular flexibility index (Phi) is 5.57. The molecule has 0 heterocycles. The van der Waals surface area contributed by atoms with Crippen molar-refractivity contribution in [3.63, 3.8) is 0 Å². The van der Waals surface area contributed by atoms with E-state index >= 15 is 0 Å². The quantitative estimate of drug-likeness (QED) is 0.487. The molecule has 1 saturated carbocycles. The third-order valence-electron chi connectivity index (χ3n) is 3.61. The molecule has 0 aromatic carbocycles. The van der Waals surface area contributed by atoms with Crippen LogP contribution in [0.3, 0.4) is 0 Å². The Hall–Kier alpha value is -0.920. The molecule has 0 aromatic rings. The molecular formula is C12H15ClF5NO2. The number of hydrogen-bond donors (Lipinski definition) is 1. The number of halogens is 6. The molecule has 1 N–H and O–H groups in total. The first-order chi connectivity index (χ1) is 9.57. The van der Waals surface area contributed by atoms with Crippen molar-refractivity contribution in [2.24, 2.45) is 0 Å². The van der Waals surface area contributed by atoms with Crippen LogP contribution in [0.5, 0.6) is 0 Å². The predicted molar refractivity (Wildman–Crippen MR) is 65.3 cm³/mol. The highest BCUT2D eigenvalue weighted by atomic mass is 35.5. The van der Waals surface area contributed by atoms with Gasteiger partial charge in [0.2, 0.25) is 0 Å². The van der Waals surface area contributed by atoms with E-state index in [2.05, 4.69) is 0 Å². The van der Waals surface area contributed by atoms with Crippen LogP contribution in [0.1, 0.15) is 38.5 Å². The van der Waals surface area contributed by atoms with Crippen LogP contribution in [0.25, 0.3) is 0 Å². The van der Waals surface area contributed by atoms with Gasteiger partial charge >= 0.3 is 18.0 Å². The van der Waals surface area contributed by atoms with E-state index < -0.39 is 35.2 Å². The largest absolute Gasteiger partial charge is 0.463 e. The van der Waals surface area contributed by atoms with Crippen LogP contribution >= 0.6 is 11.6 Å². The summed E-state index contributed by atoms with van der Waals surface area (Å²) < 4.78 is 62.7. The van der Waals surface area contributed by atoms with Crippen LogP contribution in [0.4, 0.5) is 22.0 Å². The number of rotatable bonds is 4. The Labute approximate surface area is 123 Å². The summed E-state index contributed by atoms with van der Waals surface area (Å²) in [4.78, 5) is 23.2. The Balaban J connectivity index is 3.02. The van der Waals surface area contributed by atoms with Crippen LogP contribution < -0.4 is 5.32 Å². The smallest absolute Gasteiger partial charge is 0.338 e. The zero-order valence-corrected chi connectivity index (χ0v) is 11.8. The molecule has 0 saturated heterocycles. The maximum atomic E-state index is 13.0. The Morgan fingerprint density at radius 1 is 1.00 bits per heavy atom. The fourth-order valence-corrected chi connectivity index (χ4v) is 2.61. The minimum atomic E-state index is -6.01. The highest BCUT2D eigenvalue weighted by Crippen LogP contribution is 2.37. The summed E-state index contributed by atoms with van der Waals surface area (Å²) in [5.74, 6) is -9.34. The fraction of sp³-hybridized carbons (Fsp3) is 0.833. The van der Waals surface area contributed by atoms with Gasteiger partial charge in [-0.3, -0.25) is 9.59 Å². The molecule has 0 aliphatic heterocycles. The Morgan fingerprint density at radius 2 is 1.48 bits per heavy atom. The summed E-state index contributed by atoms with van der Waals surface area (Å²) in [6.07, 6.45) is -3.67. The lowest BCUT2D eigenvalue weighted by Crippen LogP contribution is -2.61. The second-order valence-corrected chi connectivity index (χ2v) is 5.35. The zero-order chi connectivity index (χ0) is 16.3. The summed E-state index contributed by atoms with van der Waals surface area (Å²) in [6.45, 7) is 0. The lowest BCUT2D eigenvalue weighted by molar-refractivity contribution is -0.270. The lowest BCUT2D eigenvalue weighted by Gasteiger charge is -2.33. The van der Waals surface area contributed by atoms with E-state index in [0.717, 1.165) is 0 Å². The van der Waals surface area contributed by atoms with Crippen LogP contribution in [-0.2, 0) is 9.59 Å². The third kappa shape index (κ3) is 3.84. The molecule has 1 aliphatic carbocycles. The van der Waals surface area contributed by atoms with E-state index in [1.54, 1.807) is 5.32 Å². The van der Waals surface area contributed by atoms with Gasteiger partial charge in [0.1, 0.15) is 0 Å². The molecule has 21 heavy (non-hydrogen) atoms. The number of carbonyl (C=O) groups is 2. The SMILES string of the molecule is O=C(CCl)C1(NC(=O)C(F)(F)C(F)(F)F)CCCCCC1. The molecule has 0 radical (unpaired) electrons. The molecule has 1 fully saturated rings. The number of amides is 1. The summed E-state index contributed by atoms with van der Waals surface area (Å²) in [5, 5.41) is 1.63. The molecule has 0 aromatic heterocycles. The van der Waals surface area contributed by atoms with Gasteiger partial charge in [0.15, 0.2) is 5.78 Å². The minimum Gasteiger partial charge on any atom is -0.338 e. The molecular weight excluding hydrogens is 321 g/mol. The zero-order valence-electron chi connectivity index (χ0n) is 11.0. The summed E-state index contributed by atoms with van der Waals surface area (Å²) in [5.41, 5.74) is -1.73. The van der Waals surface area contributed by atoms with Gasteiger partial charge in [0, 0.05) is 0 Å². The summed E-state index contributed by atoms with van der Waals surface area (Å²) in [7, 11) is 0. The average Bonchev–Trinajstić information content (AvgIpc) is 2.62. The predicted octanol–water partition coefficient (Wildman–Crippen LogP) is 3.20. The molecule has 3 nitrogen and oxygen atoms in total. The van der Waals surface area contributed by atoms with Crippen LogP contribution in [-0.4, -0.2) is 35.2 Å². The van der Waals surface area contributed by atoms with Crippen molar-refractivity contribution in [3.8, 4) is 0 Å². The van der Waals surface area contributed by atoms with Gasteiger partial charge in [-0.1, -0.05) is 25.7 Å². The topological polar surface area (TPSA) is 46.2 Å². The lowest BCUT2D eigenvalue weighted by atomic mass is 9.86. The van der Waals surface area contributed by atoms with Crippen LogP contribution in [0, 0.1) is 0 Å². The van der Waals surface area contributed by atoms with Gasteiger partial charge in [0.05, 0.1) is 11.4 Å². The van der Waals surface area contributed by atoms with E-state index in [-0.39, 0.29) is 12.8 Å². The maximum absolute atomic E-state index is 13.0. The van der Waals surface area contributed by atoms with Crippen molar-refractivity contribution >= 4 is 23.3 Å². The van der Waals surface area contributed by atoms with Crippen LogP contribution in [0.2, 0.25) is 0 Å². The van der Waals surface area contributed by atoms with Gasteiger partial charge in [-0.05, 0) is 12.8 Å². The fourth-order valence-electron chi connectivity index (χ4n) is 2.36. The first-order valence-corrected chi connectivity index (χ1v) is 6.97. The minimum absolute atomic E-state index is 0.0121. The number of Topliss-reactive ketones (excluding diaryl/α,β-unsaturated/α-hetero) is 1. The molecule has 0 spiro atoms. The van der Waals surface area contributed by atoms with Crippen molar-refractivity contribution in [1.29, 1.82) is 0 Å². The van der Waals surface area contributed by atoms with Crippen molar-refractivity contribution in [1.82, 2.24) is 5.32 Å². The van der Waals surface area contributed by atoms with E-state index in [1.165, 1.54) is 0 Å². The maximum Gasteiger partial charge on any atom is 0.463 e. The van der Waals surface area contributed by atoms with E-state index in [4.69, 9.17) is 11.6 Å². The monoisotopic (exact) mass is 335 g/mol. The third-order valence-corrected chi connectivity index (χ3v) is 3.85. The van der Waals surface area contributed by atoms with Gasteiger partial charge in [-0.15, -0.1) is 11.6 Å².